The number of rotatable bonds is 3. The molecule has 3 aromatic rings. The summed E-state index contributed by atoms with van der Waals surface area (Å²) < 4.78 is 5.92. The molecule has 6 nitrogen and oxygen atoms in total. The molecule has 0 fully saturated rings. The molecule has 86 valence electrons. The lowest BCUT2D eigenvalue weighted by Crippen LogP contribution is -2.12. The van der Waals surface area contributed by atoms with E-state index in [1.54, 1.807) is 37.6 Å². The molecule has 0 aliphatic rings. The van der Waals surface area contributed by atoms with Gasteiger partial charge in [-0.2, -0.15) is 13.0 Å². The van der Waals surface area contributed by atoms with Crippen LogP contribution in [0.25, 0.3) is 0 Å². The molecule has 3 heterocycles. The Kier molecular flexibility index (Phi) is 2.49. The van der Waals surface area contributed by atoms with Gasteiger partial charge in [0.15, 0.2) is 0 Å². The van der Waals surface area contributed by atoms with Crippen molar-refractivity contribution in [3.63, 3.8) is 0 Å². The lowest BCUT2D eigenvalue weighted by Gasteiger charge is -2.20. The molecule has 0 saturated heterocycles. The van der Waals surface area contributed by atoms with Gasteiger partial charge in [0.1, 0.15) is 19.0 Å². The summed E-state index contributed by atoms with van der Waals surface area (Å²) in [6.45, 7) is -2.13. The molecular weight excluding hydrogens is 255 g/mol. The highest BCUT2D eigenvalue weighted by Crippen LogP contribution is 2.65. The molecule has 0 bridgehead atoms. The van der Waals surface area contributed by atoms with Crippen LogP contribution < -0.4 is 0 Å². The minimum atomic E-state index is -2.13. The summed E-state index contributed by atoms with van der Waals surface area (Å²) in [5, 5.41) is 0. The molecule has 3 rings (SSSR count). The maximum Gasteiger partial charge on any atom is 0.373 e. The largest absolute Gasteiger partial charge is 0.373 e. The number of hydrogen-bond donors (Lipinski definition) is 1. The first-order chi connectivity index (χ1) is 8.32. The van der Waals surface area contributed by atoms with Crippen LogP contribution in [0.2, 0.25) is 0 Å². The van der Waals surface area contributed by atoms with E-state index < -0.39 is 6.92 Å². The van der Waals surface area contributed by atoms with E-state index in [9.17, 15) is 0 Å². The van der Waals surface area contributed by atoms with Gasteiger partial charge >= 0.3 is 6.92 Å². The Morgan fingerprint density at radius 1 is 0.706 bits per heavy atom. The molecule has 3 aromatic heterocycles. The molecule has 0 amide bonds. The zero-order valence-corrected chi connectivity index (χ0v) is 10.6. The molecule has 0 unspecified atom stereocenters. The molecular formula is C9H10N6PS+. The van der Waals surface area contributed by atoms with E-state index in [4.69, 9.17) is 12.2 Å². The first-order valence-corrected chi connectivity index (χ1v) is 7.70. The van der Waals surface area contributed by atoms with E-state index in [1.807, 2.05) is 31.6 Å². The molecule has 0 atom stereocenters. The van der Waals surface area contributed by atoms with Crippen molar-refractivity contribution in [2.24, 2.45) is 0 Å². The van der Waals surface area contributed by atoms with E-state index in [1.165, 1.54) is 0 Å². The average molecular weight is 265 g/mol. The predicted octanol–water partition coefficient (Wildman–Crippen LogP) is 1.83. The smallest absolute Gasteiger partial charge is 0.241 e. The van der Waals surface area contributed by atoms with Crippen molar-refractivity contribution in [1.29, 1.82) is 0 Å². The summed E-state index contributed by atoms with van der Waals surface area (Å²) >= 11 is 4.87. The Morgan fingerprint density at radius 3 is 1.29 bits per heavy atom. The van der Waals surface area contributed by atoms with Crippen molar-refractivity contribution in [2.75, 3.05) is 0 Å². The predicted molar refractivity (Wildman–Crippen MR) is 68.8 cm³/mol. The van der Waals surface area contributed by atoms with E-state index in [2.05, 4.69) is 15.0 Å². The van der Waals surface area contributed by atoms with Crippen molar-refractivity contribution < 1.29 is 0 Å². The van der Waals surface area contributed by atoms with Crippen molar-refractivity contribution >= 4 is 19.2 Å². The summed E-state index contributed by atoms with van der Waals surface area (Å²) in [5.74, 6) is 0. The van der Waals surface area contributed by atoms with Gasteiger partial charge in [0.25, 0.3) is 0 Å². The molecule has 17 heavy (non-hydrogen) atoms. The molecule has 0 aromatic carbocycles. The fourth-order valence-corrected chi connectivity index (χ4v) is 4.57. The van der Waals surface area contributed by atoms with Crippen LogP contribution in [0.4, 0.5) is 0 Å². The fraction of sp³-hybridized carbons (Fsp3) is 0. The van der Waals surface area contributed by atoms with Crippen LogP contribution in [0.15, 0.2) is 56.2 Å². The molecule has 0 aliphatic heterocycles. The Labute approximate surface area is 104 Å². The zero-order valence-electron chi connectivity index (χ0n) is 8.77. The van der Waals surface area contributed by atoms with Gasteiger partial charge < -0.3 is 0 Å². The molecule has 0 saturated carbocycles. The highest BCUT2D eigenvalue weighted by Gasteiger charge is 2.41. The summed E-state index contributed by atoms with van der Waals surface area (Å²) in [4.78, 5) is 12.2. The summed E-state index contributed by atoms with van der Waals surface area (Å²) in [5.41, 5.74) is 0. The first-order valence-electron chi connectivity index (χ1n) is 4.90. The van der Waals surface area contributed by atoms with E-state index in [-0.39, 0.29) is 0 Å². The van der Waals surface area contributed by atoms with E-state index >= 15 is 0 Å². The Hall–Kier alpha value is -1.59. The maximum atomic E-state index is 4.87. The molecule has 0 N–H and O–H groups in total. The fourth-order valence-electron chi connectivity index (χ4n) is 1.59. The van der Waals surface area contributed by atoms with Gasteiger partial charge in [-0.3, -0.25) is 0 Å². The van der Waals surface area contributed by atoms with Gasteiger partial charge in [-0.25, -0.2) is 15.0 Å². The van der Waals surface area contributed by atoms with Gasteiger partial charge in [0, 0.05) is 18.6 Å². The van der Waals surface area contributed by atoms with E-state index in [0.29, 0.717) is 0 Å². The van der Waals surface area contributed by atoms with Gasteiger partial charge in [-0.05, 0) is 0 Å². The quantitative estimate of drug-likeness (QED) is 0.580. The van der Waals surface area contributed by atoms with Gasteiger partial charge in [0.05, 0.1) is 30.8 Å². The molecule has 0 radical (unpaired) electrons. The molecule has 0 spiro atoms. The lowest BCUT2D eigenvalue weighted by atomic mass is 11.0. The third kappa shape index (κ3) is 1.59. The van der Waals surface area contributed by atoms with Gasteiger partial charge in [-0.1, -0.05) is 0 Å². The van der Waals surface area contributed by atoms with Gasteiger partial charge in [-0.15, -0.1) is 0 Å². The van der Waals surface area contributed by atoms with Crippen LogP contribution in [0.5, 0.6) is 0 Å². The Bertz CT molecular complexity index is 489. The summed E-state index contributed by atoms with van der Waals surface area (Å²) in [6.07, 6.45) is 16.1. The van der Waals surface area contributed by atoms with Crippen molar-refractivity contribution in [2.45, 2.75) is 0 Å². The molecule has 0 aliphatic carbocycles. The van der Waals surface area contributed by atoms with Crippen LogP contribution in [-0.2, 0) is 0 Å². The third-order valence-electron chi connectivity index (χ3n) is 2.40. The highest BCUT2D eigenvalue weighted by molar-refractivity contribution is 8.51. The van der Waals surface area contributed by atoms with Crippen molar-refractivity contribution in [1.82, 2.24) is 28.0 Å². The van der Waals surface area contributed by atoms with Crippen molar-refractivity contribution in [3.8, 4) is 0 Å². The van der Waals surface area contributed by atoms with Crippen LogP contribution >= 0.6 is 19.2 Å². The first kappa shape index (κ1) is 10.6. The normalized spacial score (nSPS) is 11.8. The second-order valence-corrected chi connectivity index (χ2v) is 7.43. The highest BCUT2D eigenvalue weighted by atomic mass is 32.7. The van der Waals surface area contributed by atoms with Gasteiger partial charge in [0.2, 0.25) is 0 Å². The Morgan fingerprint density at radius 2 is 1.06 bits per heavy atom. The Balaban J connectivity index is 2.21. The standard InChI is InChI=1S/C9H10N6PS/c17-16(13-4-1-10-7-13,14-5-2-11-8-14)15-6-3-12-9-15/h1-9,17H/q+1. The SMILES string of the molecule is S[P+](n1ccnc1)(n1ccnc1)n1ccnc1. The zero-order chi connectivity index (χ0) is 11.7. The monoisotopic (exact) mass is 265 g/mol. The topological polar surface area (TPSA) is 53.5 Å². The van der Waals surface area contributed by atoms with Crippen molar-refractivity contribution in [3.05, 3.63) is 56.2 Å². The second-order valence-electron chi connectivity index (χ2n) is 3.36. The second kappa shape index (κ2) is 4.01. The molecule has 8 heteroatoms. The van der Waals surface area contributed by atoms with Crippen LogP contribution in [0.3, 0.4) is 0 Å². The van der Waals surface area contributed by atoms with Crippen LogP contribution in [0.1, 0.15) is 0 Å². The minimum Gasteiger partial charge on any atom is -0.241 e. The number of thiol groups is 1. The maximum absolute atomic E-state index is 4.87. The van der Waals surface area contributed by atoms with Crippen LogP contribution in [-0.4, -0.2) is 28.0 Å². The number of imidazole rings is 3. The van der Waals surface area contributed by atoms with Crippen LogP contribution in [0, 0.1) is 0 Å². The summed E-state index contributed by atoms with van der Waals surface area (Å²) in [7, 11) is 0. The number of nitrogens with zero attached hydrogens (tertiary/aromatic N) is 6. The minimum absolute atomic E-state index is 1.73. The average Bonchev–Trinajstić information content (AvgIpc) is 3.10. The lowest BCUT2D eigenvalue weighted by molar-refractivity contribution is 1.02. The summed E-state index contributed by atoms with van der Waals surface area (Å²) in [6, 6.07) is 0. The third-order valence-corrected chi connectivity index (χ3v) is 6.83. The van der Waals surface area contributed by atoms with E-state index in [0.717, 1.165) is 0 Å². The number of hydrogen-bond acceptors (Lipinski definition) is 4. The number of aromatic nitrogens is 6.